The van der Waals surface area contributed by atoms with Crippen molar-refractivity contribution in [1.82, 2.24) is 9.97 Å². The average Bonchev–Trinajstić information content (AvgIpc) is 2.80. The molecule has 36 heavy (non-hydrogen) atoms. The van der Waals surface area contributed by atoms with E-state index in [4.69, 9.17) is 20.2 Å². The fraction of sp³-hybridized carbons (Fsp3) is 0.464. The van der Waals surface area contributed by atoms with Crippen molar-refractivity contribution in [2.24, 2.45) is 5.73 Å². The lowest BCUT2D eigenvalue weighted by Gasteiger charge is -2.36. The van der Waals surface area contributed by atoms with Crippen LogP contribution in [-0.4, -0.2) is 38.6 Å². The Bertz CT molecular complexity index is 1300. The molecule has 0 radical (unpaired) electrons. The number of aromatic nitrogens is 2. The highest BCUT2D eigenvalue weighted by Crippen LogP contribution is 2.40. The molecular weight excluding hydrogens is 472 g/mol. The van der Waals surface area contributed by atoms with Crippen molar-refractivity contribution in [1.29, 1.82) is 0 Å². The summed E-state index contributed by atoms with van der Waals surface area (Å²) < 4.78 is 12.0. The van der Waals surface area contributed by atoms with Gasteiger partial charge in [-0.2, -0.15) is 11.8 Å². The van der Waals surface area contributed by atoms with Crippen LogP contribution in [0.1, 0.15) is 81.0 Å². The Balaban J connectivity index is 1.44. The maximum atomic E-state index is 12.4. The van der Waals surface area contributed by atoms with Gasteiger partial charge in [0.15, 0.2) is 0 Å². The van der Waals surface area contributed by atoms with Crippen LogP contribution in [0.15, 0.2) is 36.5 Å². The summed E-state index contributed by atoms with van der Waals surface area (Å²) in [6, 6.07) is 9.48. The van der Waals surface area contributed by atoms with Crippen LogP contribution in [0.4, 0.5) is 11.6 Å². The molecule has 5 rings (SSSR count). The molecule has 1 fully saturated rings. The number of carbonyl (C=O) groups is 1. The molecule has 3 aromatic rings. The summed E-state index contributed by atoms with van der Waals surface area (Å²) in [7, 11) is 0. The molecule has 1 aliphatic heterocycles. The van der Waals surface area contributed by atoms with Crippen LogP contribution in [0.5, 0.6) is 5.75 Å². The van der Waals surface area contributed by atoms with Gasteiger partial charge in [-0.25, -0.2) is 14.8 Å². The number of anilines is 2. The van der Waals surface area contributed by atoms with Crippen molar-refractivity contribution in [3.05, 3.63) is 53.3 Å². The highest BCUT2D eigenvalue weighted by molar-refractivity contribution is 7.99. The first-order valence-electron chi connectivity index (χ1n) is 12.6. The fourth-order valence-electron chi connectivity index (χ4n) is 4.86. The maximum absolute atomic E-state index is 12.4. The van der Waals surface area contributed by atoms with Crippen molar-refractivity contribution in [3.8, 4) is 5.75 Å². The van der Waals surface area contributed by atoms with E-state index in [1.54, 1.807) is 12.1 Å². The minimum Gasteiger partial charge on any atom is -0.490 e. The molecule has 8 heteroatoms. The summed E-state index contributed by atoms with van der Waals surface area (Å²) in [6.07, 6.45) is 4.25. The molecule has 1 aromatic carbocycles. The standard InChI is InChI=1S/C28H34N4O3S/c1-6-36-18-11-17(12-18)34-23-9-7-19(16(3)29)21-13-25(30-14-22(21)23)31-24-10-8-20-26(32-24)15(2)28(4,5)35-27(20)33/h7-10,13-18H,6,11-12,29H2,1-5H3,(H,30,31,32). The topological polar surface area (TPSA) is 99.4 Å². The quantitative estimate of drug-likeness (QED) is 0.370. The van der Waals surface area contributed by atoms with Crippen LogP contribution in [0.25, 0.3) is 10.8 Å². The van der Waals surface area contributed by atoms with E-state index in [-0.39, 0.29) is 24.0 Å². The third kappa shape index (κ3) is 4.64. The fourth-order valence-corrected chi connectivity index (χ4v) is 6.03. The molecule has 0 amide bonds. The third-order valence-electron chi connectivity index (χ3n) is 7.34. The Hall–Kier alpha value is -2.84. The number of esters is 1. The number of rotatable bonds is 7. The average molecular weight is 507 g/mol. The molecule has 0 spiro atoms. The Morgan fingerprint density at radius 2 is 2.00 bits per heavy atom. The van der Waals surface area contributed by atoms with Crippen molar-refractivity contribution in [3.63, 3.8) is 0 Å². The highest BCUT2D eigenvalue weighted by atomic mass is 32.2. The molecule has 0 bridgehead atoms. The van der Waals surface area contributed by atoms with Gasteiger partial charge in [0.25, 0.3) is 0 Å². The zero-order valence-electron chi connectivity index (χ0n) is 21.5. The Morgan fingerprint density at radius 1 is 1.22 bits per heavy atom. The first-order valence-corrected chi connectivity index (χ1v) is 13.7. The first-order chi connectivity index (χ1) is 17.2. The number of thioether (sulfide) groups is 1. The number of fused-ring (bicyclic) bond motifs is 2. The molecule has 3 N–H and O–H groups in total. The summed E-state index contributed by atoms with van der Waals surface area (Å²) in [5.74, 6) is 2.89. The van der Waals surface area contributed by atoms with E-state index in [0.717, 1.165) is 46.4 Å². The van der Waals surface area contributed by atoms with E-state index < -0.39 is 5.60 Å². The number of nitrogens with one attached hydrogen (secondary N) is 1. The highest BCUT2D eigenvalue weighted by Gasteiger charge is 2.40. The molecule has 3 heterocycles. The number of nitrogens with zero attached hydrogens (tertiary/aromatic N) is 2. The lowest BCUT2D eigenvalue weighted by atomic mass is 9.84. The van der Waals surface area contributed by atoms with Gasteiger partial charge in [0.05, 0.1) is 11.3 Å². The van der Waals surface area contributed by atoms with Crippen molar-refractivity contribution in [2.75, 3.05) is 11.1 Å². The van der Waals surface area contributed by atoms with Gasteiger partial charge in [-0.3, -0.25) is 0 Å². The number of benzene rings is 1. The normalized spacial score (nSPS) is 23.4. The maximum Gasteiger partial charge on any atom is 0.340 e. The smallest absolute Gasteiger partial charge is 0.340 e. The number of cyclic esters (lactones) is 1. The van der Waals surface area contributed by atoms with Gasteiger partial charge in [-0.05, 0) is 74.6 Å². The van der Waals surface area contributed by atoms with Gasteiger partial charge in [0.2, 0.25) is 0 Å². The molecule has 1 aliphatic carbocycles. The third-order valence-corrected chi connectivity index (χ3v) is 8.53. The molecule has 2 aliphatic rings. The van der Waals surface area contributed by atoms with Crippen molar-refractivity contribution in [2.45, 2.75) is 76.4 Å². The predicted octanol–water partition coefficient (Wildman–Crippen LogP) is 6.11. The van der Waals surface area contributed by atoms with E-state index in [2.05, 4.69) is 23.3 Å². The van der Waals surface area contributed by atoms with E-state index in [9.17, 15) is 4.79 Å². The zero-order chi connectivity index (χ0) is 25.6. The Kier molecular flexibility index (Phi) is 6.59. The number of nitrogens with two attached hydrogens (primary N) is 1. The molecule has 7 nitrogen and oxygen atoms in total. The summed E-state index contributed by atoms with van der Waals surface area (Å²) in [5, 5.41) is 5.98. The van der Waals surface area contributed by atoms with Gasteiger partial charge < -0.3 is 20.5 Å². The Morgan fingerprint density at radius 3 is 2.72 bits per heavy atom. The molecule has 1 saturated carbocycles. The molecule has 2 unspecified atom stereocenters. The van der Waals surface area contributed by atoms with Crippen LogP contribution in [0.2, 0.25) is 0 Å². The number of pyridine rings is 2. The minimum absolute atomic E-state index is 0.0391. The summed E-state index contributed by atoms with van der Waals surface area (Å²) in [6.45, 7) is 10.0. The number of ether oxygens (including phenoxy) is 2. The first kappa shape index (κ1) is 24.8. The summed E-state index contributed by atoms with van der Waals surface area (Å²) in [4.78, 5) is 21.9. The summed E-state index contributed by atoms with van der Waals surface area (Å²) >= 11 is 2.01. The lowest BCUT2D eigenvalue weighted by Crippen LogP contribution is -2.39. The van der Waals surface area contributed by atoms with Crippen LogP contribution in [0, 0.1) is 0 Å². The molecular formula is C28H34N4O3S. The van der Waals surface area contributed by atoms with Gasteiger partial charge in [-0.1, -0.05) is 19.9 Å². The van der Waals surface area contributed by atoms with Crippen LogP contribution in [-0.2, 0) is 4.74 Å². The number of hydrogen-bond acceptors (Lipinski definition) is 8. The van der Waals surface area contributed by atoms with Crippen molar-refractivity contribution < 1.29 is 14.3 Å². The Labute approximate surface area is 216 Å². The SMILES string of the molecule is CCSC1CC(Oc2ccc(C(C)N)c3cc(Nc4ccc5c(n4)C(C)C(C)(C)OC5=O)ncc23)C1. The van der Waals surface area contributed by atoms with Gasteiger partial charge >= 0.3 is 5.97 Å². The largest absolute Gasteiger partial charge is 0.490 e. The molecule has 190 valence electrons. The predicted molar refractivity (Wildman–Crippen MR) is 145 cm³/mol. The van der Waals surface area contributed by atoms with E-state index in [1.807, 2.05) is 57.8 Å². The zero-order valence-corrected chi connectivity index (χ0v) is 22.3. The van der Waals surface area contributed by atoms with E-state index in [0.29, 0.717) is 22.4 Å². The molecule has 2 atom stereocenters. The molecule has 2 aromatic heterocycles. The second-order valence-corrected chi connectivity index (χ2v) is 11.9. The summed E-state index contributed by atoms with van der Waals surface area (Å²) in [5.41, 5.74) is 7.97. The number of carbonyl (C=O) groups excluding carboxylic acids is 1. The van der Waals surface area contributed by atoms with Crippen LogP contribution >= 0.6 is 11.8 Å². The second kappa shape index (κ2) is 9.56. The molecule has 0 saturated heterocycles. The van der Waals surface area contributed by atoms with Crippen LogP contribution < -0.4 is 15.8 Å². The second-order valence-electron chi connectivity index (χ2n) is 10.3. The minimum atomic E-state index is -0.616. The lowest BCUT2D eigenvalue weighted by molar-refractivity contribution is -0.0189. The van der Waals surface area contributed by atoms with Crippen LogP contribution in [0.3, 0.4) is 0 Å². The monoisotopic (exact) mass is 506 g/mol. The van der Waals surface area contributed by atoms with Gasteiger partial charge in [0.1, 0.15) is 29.1 Å². The van der Waals surface area contributed by atoms with E-state index >= 15 is 0 Å². The van der Waals surface area contributed by atoms with E-state index in [1.165, 1.54) is 0 Å². The van der Waals surface area contributed by atoms with Gasteiger partial charge in [0, 0.05) is 28.8 Å². The van der Waals surface area contributed by atoms with Gasteiger partial charge in [-0.15, -0.1) is 0 Å². The number of hydrogen-bond donors (Lipinski definition) is 2. The van der Waals surface area contributed by atoms with Crippen molar-refractivity contribution >= 4 is 40.1 Å².